The Morgan fingerprint density at radius 2 is 2.03 bits per heavy atom. The van der Waals surface area contributed by atoms with Crippen LogP contribution in [-0.2, 0) is 14.3 Å². The van der Waals surface area contributed by atoms with Gasteiger partial charge in [-0.25, -0.2) is 4.79 Å². The number of carbonyl (C=O) groups is 1. The second kappa shape index (κ2) is 11.0. The van der Waals surface area contributed by atoms with Crippen LogP contribution in [0.15, 0.2) is 24.1 Å². The monoisotopic (exact) mass is 410 g/mol. The van der Waals surface area contributed by atoms with Crippen molar-refractivity contribution in [2.24, 2.45) is 17.6 Å². The summed E-state index contributed by atoms with van der Waals surface area (Å²) in [5.74, 6) is 0.535. The fourth-order valence-corrected chi connectivity index (χ4v) is 3.79. The average Bonchev–Trinajstić information content (AvgIpc) is 2.66. The summed E-state index contributed by atoms with van der Waals surface area (Å²) in [4.78, 5) is 11.8. The molecule has 5 N–H and O–H groups in total. The van der Waals surface area contributed by atoms with Crippen LogP contribution in [-0.4, -0.2) is 53.2 Å². The van der Waals surface area contributed by atoms with E-state index >= 15 is 0 Å². The van der Waals surface area contributed by atoms with Crippen LogP contribution in [0.3, 0.4) is 0 Å². The van der Waals surface area contributed by atoms with E-state index in [1.807, 2.05) is 26.0 Å². The number of dihydropyridines is 1. The van der Waals surface area contributed by atoms with Gasteiger partial charge in [0.15, 0.2) is 5.60 Å². The molecule has 1 saturated carbocycles. The van der Waals surface area contributed by atoms with Crippen LogP contribution in [0.2, 0.25) is 0 Å². The minimum atomic E-state index is -2.05. The summed E-state index contributed by atoms with van der Waals surface area (Å²) in [6, 6.07) is -1.31. The van der Waals surface area contributed by atoms with Gasteiger partial charge < -0.3 is 30.7 Å². The number of nitrogens with one attached hydrogen (secondary N) is 1. The van der Waals surface area contributed by atoms with Crippen LogP contribution in [0, 0.1) is 11.8 Å². The van der Waals surface area contributed by atoms with Gasteiger partial charge in [0, 0.05) is 31.9 Å². The smallest absolute Gasteiger partial charge is 0.337 e. The summed E-state index contributed by atoms with van der Waals surface area (Å²) >= 11 is 0. The van der Waals surface area contributed by atoms with E-state index in [9.17, 15) is 15.0 Å². The predicted molar refractivity (Wildman–Crippen MR) is 112 cm³/mol. The van der Waals surface area contributed by atoms with E-state index < -0.39 is 17.6 Å². The standard InChI is InChI=1S/C22H38N2O5/c1-15(2)14-28-11-9-20(23)22(27,21(25)26)13-17-12-19(8-10-24-17)29-18-6-4-16(3)5-7-18/h8,10,12,15-18,20,24,27H,4-7,9,11,13-14,23H2,1-3H3,(H,25,26)/t16-,17?,18-,20-,22+/m0/s1. The molecular weight excluding hydrogens is 372 g/mol. The first-order chi connectivity index (χ1) is 13.7. The maximum Gasteiger partial charge on any atom is 0.337 e. The number of aliphatic carboxylic acids is 1. The third-order valence-corrected chi connectivity index (χ3v) is 5.73. The molecule has 1 unspecified atom stereocenters. The van der Waals surface area contributed by atoms with E-state index in [-0.39, 0.29) is 25.0 Å². The average molecular weight is 411 g/mol. The number of aliphatic hydroxyl groups is 1. The summed E-state index contributed by atoms with van der Waals surface area (Å²) in [7, 11) is 0. The molecule has 0 spiro atoms. The lowest BCUT2D eigenvalue weighted by Crippen LogP contribution is -2.57. The molecule has 0 aromatic rings. The highest BCUT2D eigenvalue weighted by atomic mass is 16.5. The number of rotatable bonds is 11. The Hall–Kier alpha value is -1.57. The highest BCUT2D eigenvalue weighted by Gasteiger charge is 2.44. The number of carboxylic acid groups (broad SMARTS) is 1. The Bertz CT molecular complexity index is 584. The molecule has 0 aromatic heterocycles. The second-order valence-electron chi connectivity index (χ2n) is 8.97. The van der Waals surface area contributed by atoms with Crippen LogP contribution in [0.4, 0.5) is 0 Å². The number of hydrogen-bond acceptors (Lipinski definition) is 6. The van der Waals surface area contributed by atoms with Gasteiger partial charge in [-0.2, -0.15) is 0 Å². The van der Waals surface area contributed by atoms with Crippen molar-refractivity contribution in [3.05, 3.63) is 24.1 Å². The number of ether oxygens (including phenoxy) is 2. The van der Waals surface area contributed by atoms with Crippen LogP contribution in [0.1, 0.15) is 59.3 Å². The zero-order valence-corrected chi connectivity index (χ0v) is 18.0. The SMILES string of the molecule is CC(C)COCC[C@H](N)[C@](O)(CC1C=C(O[C@H]2CC[C@H](C)CC2)C=CN1)C(=O)O. The molecule has 1 fully saturated rings. The first-order valence-electron chi connectivity index (χ1n) is 10.8. The van der Waals surface area contributed by atoms with Gasteiger partial charge in [-0.05, 0) is 56.1 Å². The van der Waals surface area contributed by atoms with E-state index in [1.165, 1.54) is 0 Å². The molecule has 0 bridgehead atoms. The van der Waals surface area contributed by atoms with E-state index in [0.29, 0.717) is 19.1 Å². The molecule has 0 amide bonds. The van der Waals surface area contributed by atoms with Crippen molar-refractivity contribution in [3.63, 3.8) is 0 Å². The van der Waals surface area contributed by atoms with Crippen molar-refractivity contribution in [2.75, 3.05) is 13.2 Å². The lowest BCUT2D eigenvalue weighted by Gasteiger charge is -2.34. The van der Waals surface area contributed by atoms with Crippen molar-refractivity contribution in [1.82, 2.24) is 5.32 Å². The van der Waals surface area contributed by atoms with Gasteiger partial charge in [0.2, 0.25) is 0 Å². The lowest BCUT2D eigenvalue weighted by atomic mass is 9.85. The van der Waals surface area contributed by atoms with E-state index in [2.05, 4.69) is 12.2 Å². The Morgan fingerprint density at radius 3 is 2.66 bits per heavy atom. The topological polar surface area (TPSA) is 114 Å². The molecule has 29 heavy (non-hydrogen) atoms. The highest BCUT2D eigenvalue weighted by Crippen LogP contribution is 2.28. The summed E-state index contributed by atoms with van der Waals surface area (Å²) in [5, 5.41) is 23.6. The summed E-state index contributed by atoms with van der Waals surface area (Å²) in [5.41, 5.74) is 4.03. The number of nitrogens with two attached hydrogens (primary N) is 1. The van der Waals surface area contributed by atoms with Gasteiger partial charge >= 0.3 is 5.97 Å². The Balaban J connectivity index is 1.93. The van der Waals surface area contributed by atoms with Crippen LogP contribution in [0.5, 0.6) is 0 Å². The molecule has 7 nitrogen and oxygen atoms in total. The Kier molecular flexibility index (Phi) is 8.99. The maximum absolute atomic E-state index is 11.8. The molecule has 0 aromatic carbocycles. The normalized spacial score (nSPS) is 27.7. The zero-order valence-electron chi connectivity index (χ0n) is 18.0. The second-order valence-corrected chi connectivity index (χ2v) is 8.97. The molecule has 2 rings (SSSR count). The Morgan fingerprint density at radius 1 is 1.34 bits per heavy atom. The molecule has 0 radical (unpaired) electrons. The first kappa shape index (κ1) is 23.7. The maximum atomic E-state index is 11.8. The minimum Gasteiger partial charge on any atom is -0.491 e. The van der Waals surface area contributed by atoms with Gasteiger partial charge in [0.05, 0.1) is 12.1 Å². The van der Waals surface area contributed by atoms with Crippen LogP contribution >= 0.6 is 0 Å². The molecule has 1 aliphatic heterocycles. The Labute approximate surface area is 174 Å². The van der Waals surface area contributed by atoms with Crippen molar-refractivity contribution in [1.29, 1.82) is 0 Å². The van der Waals surface area contributed by atoms with Gasteiger partial charge in [0.25, 0.3) is 0 Å². The number of allylic oxidation sites excluding steroid dienone is 1. The minimum absolute atomic E-state index is 0.0490. The zero-order chi connectivity index (χ0) is 21.4. The number of carboxylic acids is 1. The van der Waals surface area contributed by atoms with Crippen molar-refractivity contribution < 1.29 is 24.5 Å². The van der Waals surface area contributed by atoms with Gasteiger partial charge in [-0.15, -0.1) is 0 Å². The molecule has 1 heterocycles. The molecule has 1 aliphatic carbocycles. The quantitative estimate of drug-likeness (QED) is 0.387. The third kappa shape index (κ3) is 7.32. The summed E-state index contributed by atoms with van der Waals surface area (Å²) in [6.45, 7) is 7.24. The van der Waals surface area contributed by atoms with Gasteiger partial charge in [-0.3, -0.25) is 0 Å². The summed E-state index contributed by atoms with van der Waals surface area (Å²) in [6.07, 6.45) is 10.2. The van der Waals surface area contributed by atoms with Crippen LogP contribution in [0.25, 0.3) is 0 Å². The first-order valence-corrected chi connectivity index (χ1v) is 10.8. The fourth-order valence-electron chi connectivity index (χ4n) is 3.79. The van der Waals surface area contributed by atoms with E-state index in [1.54, 1.807) is 6.20 Å². The highest BCUT2D eigenvalue weighted by molar-refractivity contribution is 5.78. The van der Waals surface area contributed by atoms with Gasteiger partial charge in [-0.1, -0.05) is 20.8 Å². The molecule has 166 valence electrons. The van der Waals surface area contributed by atoms with Gasteiger partial charge in [0.1, 0.15) is 5.76 Å². The summed E-state index contributed by atoms with van der Waals surface area (Å²) < 4.78 is 11.6. The fraction of sp³-hybridized carbons (Fsp3) is 0.773. The van der Waals surface area contributed by atoms with Crippen LogP contribution < -0.4 is 11.1 Å². The molecule has 2 aliphatic rings. The van der Waals surface area contributed by atoms with Crippen molar-refractivity contribution >= 4 is 5.97 Å². The molecule has 7 heteroatoms. The lowest BCUT2D eigenvalue weighted by molar-refractivity contribution is -0.162. The van der Waals surface area contributed by atoms with Crippen molar-refractivity contribution in [3.8, 4) is 0 Å². The van der Waals surface area contributed by atoms with E-state index in [4.69, 9.17) is 15.2 Å². The molecular formula is C22H38N2O5. The van der Waals surface area contributed by atoms with Crippen molar-refractivity contribution in [2.45, 2.75) is 83.1 Å². The van der Waals surface area contributed by atoms with E-state index in [0.717, 1.165) is 37.4 Å². The largest absolute Gasteiger partial charge is 0.491 e. The third-order valence-electron chi connectivity index (χ3n) is 5.73. The number of hydrogen-bond donors (Lipinski definition) is 4. The predicted octanol–water partition coefficient (Wildman–Crippen LogP) is 2.55. The molecule has 3 atom stereocenters. The molecule has 0 saturated heterocycles.